The van der Waals surface area contributed by atoms with Crippen molar-refractivity contribution in [3.05, 3.63) is 57.3 Å². The topological polar surface area (TPSA) is 49.3 Å². The van der Waals surface area contributed by atoms with Gasteiger partial charge in [0.2, 0.25) is 0 Å². The zero-order valence-corrected chi connectivity index (χ0v) is 11.9. The molecule has 1 amide bonds. The van der Waals surface area contributed by atoms with E-state index in [1.807, 2.05) is 0 Å². The second-order valence-electron chi connectivity index (χ2n) is 4.14. The zero-order chi connectivity index (χ0) is 14.9. The molecule has 0 saturated carbocycles. The van der Waals surface area contributed by atoms with Crippen LogP contribution in [0.2, 0.25) is 10.0 Å². The van der Waals surface area contributed by atoms with Gasteiger partial charge in [-0.05, 0) is 30.7 Å². The van der Waals surface area contributed by atoms with E-state index in [0.717, 1.165) is 6.07 Å². The van der Waals surface area contributed by atoms with E-state index in [2.05, 4.69) is 5.32 Å². The Bertz CT molecular complexity index is 669. The standard InChI is InChI=1S/C14H10Cl2FNO2/c1-7-5-6-8(15)13(12(7)16)18-14(20)11-9(17)3-2-4-10(11)19/h2-6,19H,1H3,(H,18,20). The summed E-state index contributed by atoms with van der Waals surface area (Å²) in [4.78, 5) is 12.0. The van der Waals surface area contributed by atoms with Crippen molar-refractivity contribution in [1.82, 2.24) is 0 Å². The van der Waals surface area contributed by atoms with Crippen LogP contribution in [0.3, 0.4) is 0 Å². The van der Waals surface area contributed by atoms with E-state index >= 15 is 0 Å². The molecule has 0 aliphatic heterocycles. The maximum Gasteiger partial charge on any atom is 0.262 e. The van der Waals surface area contributed by atoms with Gasteiger partial charge in [0, 0.05) is 0 Å². The quantitative estimate of drug-likeness (QED) is 0.863. The van der Waals surface area contributed by atoms with Crippen molar-refractivity contribution >= 4 is 34.8 Å². The van der Waals surface area contributed by atoms with Crippen LogP contribution in [0, 0.1) is 12.7 Å². The van der Waals surface area contributed by atoms with Crippen LogP contribution in [0.15, 0.2) is 30.3 Å². The van der Waals surface area contributed by atoms with Crippen LogP contribution in [-0.4, -0.2) is 11.0 Å². The Balaban J connectivity index is 2.41. The first-order valence-electron chi connectivity index (χ1n) is 5.65. The molecule has 0 aliphatic carbocycles. The molecule has 0 atom stereocenters. The highest BCUT2D eigenvalue weighted by Crippen LogP contribution is 2.33. The third-order valence-corrected chi connectivity index (χ3v) is 3.54. The number of carbonyl (C=O) groups is 1. The summed E-state index contributed by atoms with van der Waals surface area (Å²) in [5, 5.41) is 12.5. The molecule has 0 radical (unpaired) electrons. The molecular weight excluding hydrogens is 304 g/mol. The van der Waals surface area contributed by atoms with Crippen molar-refractivity contribution in [3.8, 4) is 5.75 Å². The minimum absolute atomic E-state index is 0.181. The molecule has 104 valence electrons. The summed E-state index contributed by atoms with van der Waals surface area (Å²) in [5.74, 6) is -2.11. The number of carbonyl (C=O) groups excluding carboxylic acids is 1. The number of anilines is 1. The first kappa shape index (κ1) is 14.6. The first-order chi connectivity index (χ1) is 9.41. The third-order valence-electron chi connectivity index (χ3n) is 2.74. The van der Waals surface area contributed by atoms with Gasteiger partial charge < -0.3 is 10.4 Å². The van der Waals surface area contributed by atoms with Gasteiger partial charge in [0.05, 0.1) is 15.7 Å². The zero-order valence-electron chi connectivity index (χ0n) is 10.4. The Morgan fingerprint density at radius 3 is 2.60 bits per heavy atom. The van der Waals surface area contributed by atoms with Crippen LogP contribution < -0.4 is 5.32 Å². The van der Waals surface area contributed by atoms with E-state index in [-0.39, 0.29) is 15.7 Å². The van der Waals surface area contributed by atoms with E-state index in [1.165, 1.54) is 12.1 Å². The number of amides is 1. The van der Waals surface area contributed by atoms with E-state index < -0.39 is 23.0 Å². The Kier molecular flexibility index (Phi) is 4.16. The summed E-state index contributed by atoms with van der Waals surface area (Å²) >= 11 is 12.0. The van der Waals surface area contributed by atoms with Crippen LogP contribution in [0.5, 0.6) is 5.75 Å². The van der Waals surface area contributed by atoms with E-state index in [9.17, 15) is 14.3 Å². The van der Waals surface area contributed by atoms with Crippen molar-refractivity contribution in [2.45, 2.75) is 6.92 Å². The molecule has 0 spiro atoms. The molecule has 0 saturated heterocycles. The molecular formula is C14H10Cl2FNO2. The van der Waals surface area contributed by atoms with Crippen molar-refractivity contribution in [2.75, 3.05) is 5.32 Å². The lowest BCUT2D eigenvalue weighted by molar-refractivity contribution is 0.102. The van der Waals surface area contributed by atoms with Gasteiger partial charge in [0.1, 0.15) is 17.1 Å². The molecule has 0 fully saturated rings. The number of aromatic hydroxyl groups is 1. The van der Waals surface area contributed by atoms with Gasteiger partial charge in [0.25, 0.3) is 5.91 Å². The number of aryl methyl sites for hydroxylation is 1. The molecule has 0 bridgehead atoms. The maximum absolute atomic E-state index is 13.6. The molecule has 2 aromatic rings. The smallest absolute Gasteiger partial charge is 0.262 e. The van der Waals surface area contributed by atoms with Crippen molar-refractivity contribution in [1.29, 1.82) is 0 Å². The predicted octanol–water partition coefficient (Wildman–Crippen LogP) is 4.40. The van der Waals surface area contributed by atoms with Crippen LogP contribution >= 0.6 is 23.2 Å². The summed E-state index contributed by atoms with van der Waals surface area (Å²) in [6, 6.07) is 6.86. The highest BCUT2D eigenvalue weighted by molar-refractivity contribution is 6.40. The lowest BCUT2D eigenvalue weighted by atomic mass is 10.1. The highest BCUT2D eigenvalue weighted by Gasteiger charge is 2.19. The fraction of sp³-hybridized carbons (Fsp3) is 0.0714. The molecule has 2 rings (SSSR count). The Labute approximate surface area is 124 Å². The maximum atomic E-state index is 13.6. The van der Waals surface area contributed by atoms with Crippen LogP contribution in [-0.2, 0) is 0 Å². The van der Waals surface area contributed by atoms with Crippen molar-refractivity contribution < 1.29 is 14.3 Å². The van der Waals surface area contributed by atoms with Gasteiger partial charge in [-0.25, -0.2) is 4.39 Å². The molecule has 20 heavy (non-hydrogen) atoms. The van der Waals surface area contributed by atoms with Crippen molar-refractivity contribution in [2.24, 2.45) is 0 Å². The average molecular weight is 314 g/mol. The second kappa shape index (κ2) is 5.69. The molecule has 0 heterocycles. The van der Waals surface area contributed by atoms with E-state index in [4.69, 9.17) is 23.2 Å². The van der Waals surface area contributed by atoms with Gasteiger partial charge >= 0.3 is 0 Å². The first-order valence-corrected chi connectivity index (χ1v) is 6.41. The summed E-state index contributed by atoms with van der Waals surface area (Å²) in [7, 11) is 0. The molecule has 6 heteroatoms. The average Bonchev–Trinajstić information content (AvgIpc) is 2.39. The fourth-order valence-corrected chi connectivity index (χ4v) is 2.15. The summed E-state index contributed by atoms with van der Waals surface area (Å²) in [5.41, 5.74) is 0.436. The number of nitrogens with one attached hydrogen (secondary N) is 1. The van der Waals surface area contributed by atoms with Gasteiger partial charge in [-0.3, -0.25) is 4.79 Å². The van der Waals surface area contributed by atoms with Crippen molar-refractivity contribution in [3.63, 3.8) is 0 Å². The monoisotopic (exact) mass is 313 g/mol. The van der Waals surface area contributed by atoms with E-state index in [1.54, 1.807) is 19.1 Å². The number of halogens is 3. The molecule has 2 aromatic carbocycles. The number of hydrogen-bond donors (Lipinski definition) is 2. The second-order valence-corrected chi connectivity index (χ2v) is 4.93. The fourth-order valence-electron chi connectivity index (χ4n) is 1.68. The highest BCUT2D eigenvalue weighted by atomic mass is 35.5. The van der Waals surface area contributed by atoms with Gasteiger partial charge in [0.15, 0.2) is 0 Å². The largest absolute Gasteiger partial charge is 0.507 e. The Hall–Kier alpha value is -1.78. The third kappa shape index (κ3) is 2.71. The number of phenolic OH excluding ortho intramolecular Hbond substituents is 1. The minimum Gasteiger partial charge on any atom is -0.507 e. The molecule has 2 N–H and O–H groups in total. The molecule has 0 aromatic heterocycles. The molecule has 0 unspecified atom stereocenters. The number of rotatable bonds is 2. The number of hydrogen-bond acceptors (Lipinski definition) is 2. The van der Waals surface area contributed by atoms with Crippen LogP contribution in [0.25, 0.3) is 0 Å². The summed E-state index contributed by atoms with van der Waals surface area (Å²) in [6.45, 7) is 1.74. The van der Waals surface area contributed by atoms with Gasteiger partial charge in [-0.15, -0.1) is 0 Å². The molecule has 0 aliphatic rings. The minimum atomic E-state index is -0.831. The number of benzene rings is 2. The van der Waals surface area contributed by atoms with Gasteiger partial charge in [-0.2, -0.15) is 0 Å². The lowest BCUT2D eigenvalue weighted by Crippen LogP contribution is -2.15. The lowest BCUT2D eigenvalue weighted by Gasteiger charge is -2.12. The summed E-state index contributed by atoms with van der Waals surface area (Å²) < 4.78 is 13.6. The molecule has 3 nitrogen and oxygen atoms in total. The Morgan fingerprint density at radius 1 is 1.25 bits per heavy atom. The van der Waals surface area contributed by atoms with E-state index in [0.29, 0.717) is 5.56 Å². The predicted molar refractivity (Wildman–Crippen MR) is 77.2 cm³/mol. The number of phenols is 1. The SMILES string of the molecule is Cc1ccc(Cl)c(NC(=O)c2c(O)cccc2F)c1Cl. The normalized spacial score (nSPS) is 10.4. The Morgan fingerprint density at radius 2 is 1.95 bits per heavy atom. The summed E-state index contributed by atoms with van der Waals surface area (Å²) in [6.07, 6.45) is 0. The van der Waals surface area contributed by atoms with Crippen LogP contribution in [0.4, 0.5) is 10.1 Å². The van der Waals surface area contributed by atoms with Gasteiger partial charge in [-0.1, -0.05) is 35.3 Å². The van der Waals surface area contributed by atoms with Crippen LogP contribution in [0.1, 0.15) is 15.9 Å².